The average molecular weight is 376 g/mol. The molecule has 6 heteroatoms. The number of amides is 1. The van der Waals surface area contributed by atoms with E-state index in [0.717, 1.165) is 8.26 Å². The summed E-state index contributed by atoms with van der Waals surface area (Å²) in [7, 11) is 1.71. The lowest BCUT2D eigenvalue weighted by Gasteiger charge is -2.14. The maximum atomic E-state index is 12.2. The minimum atomic E-state index is -0.0694. The number of halogens is 2. The molecule has 2 rings (SSSR count). The van der Waals surface area contributed by atoms with Crippen LogP contribution in [0.3, 0.4) is 0 Å². The van der Waals surface area contributed by atoms with E-state index in [9.17, 15) is 4.79 Å². The van der Waals surface area contributed by atoms with E-state index in [4.69, 9.17) is 0 Å². The minimum Gasteiger partial charge on any atom is -0.295 e. The molecule has 2 aromatic heterocycles. The number of aromatic nitrogens is 1. The van der Waals surface area contributed by atoms with Gasteiger partial charge in [0.15, 0.2) is 0 Å². The maximum Gasteiger partial charge on any atom is 0.269 e. The molecule has 0 atom stereocenters. The van der Waals surface area contributed by atoms with Crippen LogP contribution in [0.4, 0.5) is 5.82 Å². The first-order chi connectivity index (χ1) is 8.09. The number of rotatable bonds is 2. The first kappa shape index (κ1) is 12.7. The summed E-state index contributed by atoms with van der Waals surface area (Å²) < 4.78 is 1.80. The number of pyridine rings is 1. The number of hydrogen-bond acceptors (Lipinski definition) is 3. The van der Waals surface area contributed by atoms with Crippen molar-refractivity contribution in [3.63, 3.8) is 0 Å². The number of anilines is 1. The van der Waals surface area contributed by atoms with Gasteiger partial charge < -0.3 is 0 Å². The molecule has 3 nitrogen and oxygen atoms in total. The molecule has 0 aliphatic rings. The van der Waals surface area contributed by atoms with Crippen molar-refractivity contribution in [2.24, 2.45) is 0 Å². The Kier molecular flexibility index (Phi) is 3.96. The molecular formula is C11H8Br2N2OS. The largest absolute Gasteiger partial charge is 0.295 e. The third-order valence-corrected chi connectivity index (χ3v) is 5.40. The van der Waals surface area contributed by atoms with Crippen LogP contribution in [0.15, 0.2) is 38.7 Å². The SMILES string of the molecule is CN(C(=O)c1cc(Br)c(Br)s1)c1ccccn1. The predicted octanol–water partition coefficient (Wildman–Crippen LogP) is 3.94. The zero-order valence-electron chi connectivity index (χ0n) is 8.85. The summed E-state index contributed by atoms with van der Waals surface area (Å²) in [6, 6.07) is 7.28. The van der Waals surface area contributed by atoms with Gasteiger partial charge >= 0.3 is 0 Å². The van der Waals surface area contributed by atoms with E-state index >= 15 is 0 Å². The fraction of sp³-hybridized carbons (Fsp3) is 0.0909. The van der Waals surface area contributed by atoms with Crippen molar-refractivity contribution in [1.82, 2.24) is 4.98 Å². The molecule has 0 saturated carbocycles. The lowest BCUT2D eigenvalue weighted by molar-refractivity contribution is 0.0996. The number of nitrogens with zero attached hydrogens (tertiary/aromatic N) is 2. The smallest absolute Gasteiger partial charge is 0.269 e. The van der Waals surface area contributed by atoms with E-state index < -0.39 is 0 Å². The monoisotopic (exact) mass is 374 g/mol. The lowest BCUT2D eigenvalue weighted by Crippen LogP contribution is -2.26. The molecule has 0 unspecified atom stereocenters. The second-order valence-electron chi connectivity index (χ2n) is 3.28. The Balaban J connectivity index is 2.26. The molecule has 0 saturated heterocycles. The van der Waals surface area contributed by atoms with Gasteiger partial charge in [0.2, 0.25) is 0 Å². The Morgan fingerprint density at radius 2 is 2.18 bits per heavy atom. The highest BCUT2D eigenvalue weighted by Crippen LogP contribution is 2.33. The van der Waals surface area contributed by atoms with E-state index in [2.05, 4.69) is 36.8 Å². The maximum absolute atomic E-state index is 12.2. The predicted molar refractivity (Wildman–Crippen MR) is 76.7 cm³/mol. The van der Waals surface area contributed by atoms with Crippen LogP contribution in [0.5, 0.6) is 0 Å². The fourth-order valence-electron chi connectivity index (χ4n) is 1.27. The first-order valence-corrected chi connectivity index (χ1v) is 7.14. The fourth-order valence-corrected chi connectivity index (χ4v) is 3.28. The quantitative estimate of drug-likeness (QED) is 0.796. The van der Waals surface area contributed by atoms with Crippen molar-refractivity contribution in [2.75, 3.05) is 11.9 Å². The van der Waals surface area contributed by atoms with Gasteiger partial charge in [-0.1, -0.05) is 6.07 Å². The topological polar surface area (TPSA) is 33.2 Å². The van der Waals surface area contributed by atoms with Crippen molar-refractivity contribution in [2.45, 2.75) is 0 Å². The summed E-state index contributed by atoms with van der Waals surface area (Å²) in [6.45, 7) is 0. The van der Waals surface area contributed by atoms with Crippen LogP contribution in [0.1, 0.15) is 9.67 Å². The van der Waals surface area contributed by atoms with Gasteiger partial charge in [0, 0.05) is 17.7 Å². The number of thiophene rings is 1. The van der Waals surface area contributed by atoms with Gasteiger partial charge in [-0.05, 0) is 50.1 Å². The lowest BCUT2D eigenvalue weighted by atomic mass is 10.4. The Morgan fingerprint density at radius 1 is 1.41 bits per heavy atom. The Labute approximate surface area is 120 Å². The van der Waals surface area contributed by atoms with E-state index in [0.29, 0.717) is 10.7 Å². The summed E-state index contributed by atoms with van der Waals surface area (Å²) in [5.41, 5.74) is 0. The van der Waals surface area contributed by atoms with Gasteiger partial charge in [0.05, 0.1) is 8.66 Å². The minimum absolute atomic E-state index is 0.0694. The number of hydrogen-bond donors (Lipinski definition) is 0. The Bertz CT molecular complexity index is 522. The highest BCUT2D eigenvalue weighted by molar-refractivity contribution is 9.13. The molecule has 2 heterocycles. The van der Waals surface area contributed by atoms with Crippen molar-refractivity contribution in [3.05, 3.63) is 43.6 Å². The van der Waals surface area contributed by atoms with Gasteiger partial charge in [0.25, 0.3) is 5.91 Å². The Morgan fingerprint density at radius 3 is 2.71 bits per heavy atom. The van der Waals surface area contributed by atoms with Crippen molar-refractivity contribution in [3.8, 4) is 0 Å². The van der Waals surface area contributed by atoms with Crippen LogP contribution < -0.4 is 4.90 Å². The second kappa shape index (κ2) is 5.29. The zero-order chi connectivity index (χ0) is 12.4. The van der Waals surface area contributed by atoms with E-state index in [-0.39, 0.29) is 5.91 Å². The molecule has 2 aromatic rings. The van der Waals surface area contributed by atoms with Crippen LogP contribution in [0.2, 0.25) is 0 Å². The van der Waals surface area contributed by atoms with Crippen LogP contribution in [0.25, 0.3) is 0 Å². The van der Waals surface area contributed by atoms with Crippen LogP contribution in [0, 0.1) is 0 Å². The Hall–Kier alpha value is -0.720. The highest BCUT2D eigenvalue weighted by atomic mass is 79.9. The average Bonchev–Trinajstić information content (AvgIpc) is 2.69. The summed E-state index contributed by atoms with van der Waals surface area (Å²) in [4.78, 5) is 18.5. The molecule has 0 aliphatic carbocycles. The van der Waals surface area contributed by atoms with Gasteiger partial charge in [-0.25, -0.2) is 4.98 Å². The van der Waals surface area contributed by atoms with Gasteiger partial charge in [-0.3, -0.25) is 9.69 Å². The summed E-state index contributed by atoms with van der Waals surface area (Å²) in [5, 5.41) is 0. The van der Waals surface area contributed by atoms with Gasteiger partial charge in [0.1, 0.15) is 5.82 Å². The molecular weight excluding hydrogens is 368 g/mol. The van der Waals surface area contributed by atoms with Crippen LogP contribution in [-0.4, -0.2) is 17.9 Å². The van der Waals surface area contributed by atoms with Gasteiger partial charge in [-0.15, -0.1) is 11.3 Å². The van der Waals surface area contributed by atoms with E-state index in [1.54, 1.807) is 25.4 Å². The molecule has 0 radical (unpaired) electrons. The van der Waals surface area contributed by atoms with E-state index in [1.165, 1.54) is 16.2 Å². The highest BCUT2D eigenvalue weighted by Gasteiger charge is 2.17. The summed E-state index contributed by atoms with van der Waals surface area (Å²) in [6.07, 6.45) is 1.67. The molecule has 0 fully saturated rings. The van der Waals surface area contributed by atoms with Crippen molar-refractivity contribution in [1.29, 1.82) is 0 Å². The van der Waals surface area contributed by atoms with Crippen molar-refractivity contribution < 1.29 is 4.79 Å². The standard InChI is InChI=1S/C11H8Br2N2OS/c1-15(9-4-2-3-5-14-9)11(16)8-6-7(12)10(13)17-8/h2-6H,1H3. The molecule has 0 spiro atoms. The first-order valence-electron chi connectivity index (χ1n) is 4.73. The molecule has 0 aliphatic heterocycles. The molecule has 0 N–H and O–H groups in total. The zero-order valence-corrected chi connectivity index (χ0v) is 12.8. The van der Waals surface area contributed by atoms with Crippen LogP contribution in [-0.2, 0) is 0 Å². The molecule has 17 heavy (non-hydrogen) atoms. The third kappa shape index (κ3) is 2.75. The summed E-state index contributed by atoms with van der Waals surface area (Å²) >= 11 is 8.14. The molecule has 0 bridgehead atoms. The molecule has 88 valence electrons. The molecule has 0 aromatic carbocycles. The third-order valence-electron chi connectivity index (χ3n) is 2.15. The number of carbonyl (C=O) groups is 1. The molecule has 1 amide bonds. The normalized spacial score (nSPS) is 10.3. The number of carbonyl (C=O) groups excluding carboxylic acids is 1. The van der Waals surface area contributed by atoms with Gasteiger partial charge in [-0.2, -0.15) is 0 Å². The van der Waals surface area contributed by atoms with Crippen molar-refractivity contribution >= 4 is 54.9 Å². The second-order valence-corrected chi connectivity index (χ2v) is 6.51. The summed E-state index contributed by atoms with van der Waals surface area (Å²) in [5.74, 6) is 0.568. The van der Waals surface area contributed by atoms with E-state index in [1.807, 2.05) is 12.1 Å². The van der Waals surface area contributed by atoms with Crippen LogP contribution >= 0.6 is 43.2 Å².